The molecule has 5 rings (SSSR count). The third kappa shape index (κ3) is 12.0. The van der Waals surface area contributed by atoms with E-state index in [2.05, 4.69) is 55.0 Å². The number of alkyl carbamates (subject to hydrolysis) is 1. The van der Waals surface area contributed by atoms with E-state index in [1.165, 1.54) is 4.90 Å². The molecule has 15 heteroatoms. The second kappa shape index (κ2) is 20.2. The summed E-state index contributed by atoms with van der Waals surface area (Å²) in [4.78, 5) is 61.6. The first-order chi connectivity index (χ1) is 27.8. The number of aromatic amines is 1. The summed E-state index contributed by atoms with van der Waals surface area (Å²) in [5.74, 6) is -0.817. The molecule has 0 radical (unpaired) electrons. The lowest BCUT2D eigenvalue weighted by Gasteiger charge is -2.32. The van der Waals surface area contributed by atoms with Crippen molar-refractivity contribution in [2.24, 2.45) is 17.6 Å². The normalized spacial score (nSPS) is 16.1. The van der Waals surface area contributed by atoms with Crippen LogP contribution in [0.3, 0.4) is 0 Å². The quantitative estimate of drug-likeness (QED) is 0.105. The zero-order valence-corrected chi connectivity index (χ0v) is 34.6. The highest BCUT2D eigenvalue weighted by Crippen LogP contribution is 2.32. The van der Waals surface area contributed by atoms with Gasteiger partial charge in [-0.2, -0.15) is 5.21 Å². The molecule has 1 saturated carbocycles. The molecule has 1 atom stereocenters. The zero-order valence-electron chi connectivity index (χ0n) is 34.6. The predicted molar refractivity (Wildman–Crippen MR) is 223 cm³/mol. The van der Waals surface area contributed by atoms with Crippen LogP contribution in [0, 0.1) is 18.8 Å². The lowest BCUT2D eigenvalue weighted by Crippen LogP contribution is -2.50. The number of anilines is 1. The summed E-state index contributed by atoms with van der Waals surface area (Å²) in [5, 5.41) is 19.9. The Morgan fingerprint density at radius 2 is 1.59 bits per heavy atom. The lowest BCUT2D eigenvalue weighted by molar-refractivity contribution is -0.130. The Morgan fingerprint density at radius 3 is 2.19 bits per heavy atom. The number of carbonyl (C=O) groups is 4. The monoisotopic (exact) mass is 794 g/mol. The van der Waals surface area contributed by atoms with E-state index in [0.29, 0.717) is 61.5 Å². The number of aryl methyl sites for hydroxylation is 1. The van der Waals surface area contributed by atoms with Crippen molar-refractivity contribution in [1.29, 1.82) is 0 Å². The van der Waals surface area contributed by atoms with E-state index in [1.54, 1.807) is 30.3 Å². The second-order valence-electron chi connectivity index (χ2n) is 15.9. The van der Waals surface area contributed by atoms with Crippen molar-refractivity contribution in [3.8, 4) is 22.5 Å². The maximum Gasteiger partial charge on any atom is 0.407 e. The first-order valence-corrected chi connectivity index (χ1v) is 20.3. The number of H-pyrrole nitrogens is 1. The highest BCUT2D eigenvalue weighted by Gasteiger charge is 2.35. The molecule has 1 aliphatic carbocycles. The number of pyridine rings is 1. The Kier molecular flexibility index (Phi) is 15.2. The summed E-state index contributed by atoms with van der Waals surface area (Å²) in [6.07, 6.45) is 3.17. The minimum atomic E-state index is -1.01. The smallest absolute Gasteiger partial charge is 0.407 e. The van der Waals surface area contributed by atoms with E-state index in [1.807, 2.05) is 58.0 Å². The van der Waals surface area contributed by atoms with Crippen molar-refractivity contribution in [2.45, 2.75) is 91.7 Å². The van der Waals surface area contributed by atoms with Gasteiger partial charge >= 0.3 is 6.09 Å². The predicted octanol–water partition coefficient (Wildman–Crippen LogP) is 5.46. The fraction of sp³-hybridized carbons (Fsp3) is 0.488. The Morgan fingerprint density at radius 1 is 0.914 bits per heavy atom. The molecule has 4 aromatic rings. The number of nitrogens with two attached hydrogens (primary N) is 1. The van der Waals surface area contributed by atoms with E-state index < -0.39 is 29.6 Å². The van der Waals surface area contributed by atoms with Crippen LogP contribution in [0.5, 0.6) is 0 Å². The number of ether oxygens (including phenoxy) is 1. The third-order valence-electron chi connectivity index (χ3n) is 10.5. The number of rotatable bonds is 16. The Bertz CT molecular complexity index is 1970. The number of carbonyl (C=O) groups excluding carboxylic acids is 4. The first kappa shape index (κ1) is 43.6. The Labute approximate surface area is 340 Å². The van der Waals surface area contributed by atoms with Crippen molar-refractivity contribution in [3.63, 3.8) is 0 Å². The molecule has 5 N–H and O–H groups in total. The van der Waals surface area contributed by atoms with Crippen LogP contribution in [0.1, 0.15) is 88.5 Å². The third-order valence-corrected chi connectivity index (χ3v) is 10.5. The Balaban J connectivity index is 1.23. The number of amides is 4. The minimum absolute atomic E-state index is 0.190. The molecule has 0 bridgehead atoms. The number of benzene rings is 2. The molecule has 1 fully saturated rings. The molecule has 2 aromatic heterocycles. The fourth-order valence-corrected chi connectivity index (χ4v) is 7.20. The van der Waals surface area contributed by atoms with Crippen LogP contribution in [0.25, 0.3) is 22.5 Å². The van der Waals surface area contributed by atoms with Crippen molar-refractivity contribution in [3.05, 3.63) is 77.6 Å². The van der Waals surface area contributed by atoms with Crippen molar-refractivity contribution in [1.82, 2.24) is 41.1 Å². The lowest BCUT2D eigenvalue weighted by atomic mass is 9.81. The van der Waals surface area contributed by atoms with Gasteiger partial charge in [0, 0.05) is 35.8 Å². The van der Waals surface area contributed by atoms with Gasteiger partial charge in [0.15, 0.2) is 0 Å². The van der Waals surface area contributed by atoms with Gasteiger partial charge < -0.3 is 26.0 Å². The molecule has 58 heavy (non-hydrogen) atoms. The average Bonchev–Trinajstić information content (AvgIpc) is 3.76. The molecular formula is C43H58N10O5. The van der Waals surface area contributed by atoms with Crippen molar-refractivity contribution >= 4 is 29.5 Å². The molecule has 15 nitrogen and oxygen atoms in total. The maximum atomic E-state index is 14.2. The first-order valence-electron chi connectivity index (χ1n) is 20.3. The molecule has 2 heterocycles. The standard InChI is InChI=1S/C43H58N10O5/c1-7-52(8-2)25-9-24-45-39(54)37-23-22-35(28(3)47-37)31-14-10-29(11-15-31)26-36(44)41(56)53(34-20-18-32(19-21-34)38-48-50-51-49-38)40(55)33-16-12-30(13-17-33)27-46-42(57)58-43(4,5)6/h10-11,14-15,18-23,30,33,36H,7-9,12-13,16-17,24-27,44H2,1-6H3,(H,45,54)(H,46,57)(H,48,49,50,51)/t30?,33?,36-/m0/s1. The Hall–Kier alpha value is -5.54. The van der Waals surface area contributed by atoms with Crippen LogP contribution in [0.15, 0.2) is 60.7 Å². The van der Waals surface area contributed by atoms with Crippen molar-refractivity contribution < 1.29 is 23.9 Å². The van der Waals surface area contributed by atoms with Crippen LogP contribution in [-0.2, 0) is 20.7 Å². The van der Waals surface area contributed by atoms with E-state index >= 15 is 0 Å². The fourth-order valence-electron chi connectivity index (χ4n) is 7.20. The van der Waals surface area contributed by atoms with E-state index in [0.717, 1.165) is 48.4 Å². The molecule has 0 saturated heterocycles. The molecule has 2 aromatic carbocycles. The van der Waals surface area contributed by atoms with Crippen LogP contribution >= 0.6 is 0 Å². The van der Waals surface area contributed by atoms with Gasteiger partial charge in [0.25, 0.3) is 11.8 Å². The molecule has 0 spiro atoms. The number of nitrogens with zero attached hydrogens (tertiary/aromatic N) is 6. The molecule has 0 unspecified atom stereocenters. The maximum absolute atomic E-state index is 14.2. The number of hydrogen-bond donors (Lipinski definition) is 4. The molecule has 4 amide bonds. The van der Waals surface area contributed by atoms with Crippen LogP contribution < -0.4 is 21.3 Å². The minimum Gasteiger partial charge on any atom is -0.444 e. The summed E-state index contributed by atoms with van der Waals surface area (Å²) in [7, 11) is 0. The number of aromatic nitrogens is 5. The van der Waals surface area contributed by atoms with Gasteiger partial charge in [-0.1, -0.05) is 44.2 Å². The van der Waals surface area contributed by atoms with Crippen LogP contribution in [0.2, 0.25) is 0 Å². The molecular weight excluding hydrogens is 737 g/mol. The van der Waals surface area contributed by atoms with E-state index in [9.17, 15) is 19.2 Å². The largest absolute Gasteiger partial charge is 0.444 e. The second-order valence-corrected chi connectivity index (χ2v) is 15.9. The van der Waals surface area contributed by atoms with Gasteiger partial charge in [0.1, 0.15) is 11.3 Å². The highest BCUT2D eigenvalue weighted by atomic mass is 16.6. The van der Waals surface area contributed by atoms with E-state index in [-0.39, 0.29) is 24.2 Å². The summed E-state index contributed by atoms with van der Waals surface area (Å²) in [6.45, 7) is 15.5. The number of hydrogen-bond acceptors (Lipinski definition) is 11. The van der Waals surface area contributed by atoms with Gasteiger partial charge in [-0.05, 0) is 138 Å². The summed E-state index contributed by atoms with van der Waals surface area (Å²) in [5.41, 5.74) is 10.8. The molecule has 0 aliphatic heterocycles. The van der Waals surface area contributed by atoms with Crippen molar-refractivity contribution in [2.75, 3.05) is 37.6 Å². The summed E-state index contributed by atoms with van der Waals surface area (Å²) in [6, 6.07) is 17.2. The number of imide groups is 1. The van der Waals surface area contributed by atoms with Gasteiger partial charge in [0.05, 0.1) is 11.7 Å². The average molecular weight is 795 g/mol. The summed E-state index contributed by atoms with van der Waals surface area (Å²) < 4.78 is 5.37. The van der Waals surface area contributed by atoms with Crippen LogP contribution in [-0.4, -0.2) is 98.7 Å². The highest BCUT2D eigenvalue weighted by molar-refractivity contribution is 6.17. The molecule has 310 valence electrons. The SMILES string of the molecule is CCN(CC)CCCNC(=O)c1ccc(-c2ccc(C[C@H](N)C(=O)N(C(=O)C3CCC(CNC(=O)OC(C)(C)C)CC3)c3ccc(-c4nn[nH]n4)cc3)cc2)c(C)n1. The van der Waals surface area contributed by atoms with Gasteiger partial charge in [-0.3, -0.25) is 14.4 Å². The van der Waals surface area contributed by atoms with Gasteiger partial charge in [-0.25, -0.2) is 14.7 Å². The molecule has 1 aliphatic rings. The van der Waals surface area contributed by atoms with Crippen LogP contribution in [0.4, 0.5) is 10.5 Å². The zero-order chi connectivity index (χ0) is 41.8. The summed E-state index contributed by atoms with van der Waals surface area (Å²) >= 11 is 0. The van der Waals surface area contributed by atoms with Gasteiger partial charge in [0.2, 0.25) is 11.7 Å². The topological polar surface area (TPSA) is 201 Å². The van der Waals surface area contributed by atoms with Gasteiger partial charge in [-0.15, -0.1) is 10.2 Å². The number of nitrogens with one attached hydrogen (secondary N) is 3. The van der Waals surface area contributed by atoms with E-state index in [4.69, 9.17) is 10.5 Å². The number of tetrazole rings is 1.